The van der Waals surface area contributed by atoms with Crippen LogP contribution in [-0.2, 0) is 28.5 Å². The maximum Gasteiger partial charge on any atom is 0.341 e. The van der Waals surface area contributed by atoms with Gasteiger partial charge in [-0.05, 0) is 109 Å². The number of hydrogen-bond donors (Lipinski definition) is 5. The van der Waals surface area contributed by atoms with E-state index in [1.165, 1.54) is 12.8 Å². The smallest absolute Gasteiger partial charge is 0.341 e. The number of rotatable bonds is 4. The molecule has 49 heavy (non-hydrogen) atoms. The number of nitrogens with one attached hydrogen (secondary N) is 2. The van der Waals surface area contributed by atoms with Gasteiger partial charge in [0.2, 0.25) is 0 Å². The molecule has 11 unspecified atom stereocenters. The van der Waals surface area contributed by atoms with Gasteiger partial charge in [-0.15, -0.1) is 0 Å². The van der Waals surface area contributed by atoms with Gasteiger partial charge in [0, 0.05) is 30.7 Å². The number of epoxide rings is 1. The van der Waals surface area contributed by atoms with Gasteiger partial charge >= 0.3 is 5.97 Å². The number of nitrogens with two attached hydrogens (primary N) is 2. The highest BCUT2D eigenvalue weighted by Crippen LogP contribution is 2.59. The largest absolute Gasteiger partial charge is 0.457 e. The van der Waals surface area contributed by atoms with Crippen molar-refractivity contribution in [3.8, 4) is 0 Å². The molecule has 6 aliphatic heterocycles. The zero-order valence-electron chi connectivity index (χ0n) is 29.9. The summed E-state index contributed by atoms with van der Waals surface area (Å²) in [6, 6.07) is 0.363. The first-order valence-corrected chi connectivity index (χ1v) is 19.8. The highest BCUT2D eigenvalue weighted by Gasteiger charge is 2.68. The van der Waals surface area contributed by atoms with Gasteiger partial charge in [0.25, 0.3) is 0 Å². The van der Waals surface area contributed by atoms with Crippen LogP contribution in [0.1, 0.15) is 117 Å². The summed E-state index contributed by atoms with van der Waals surface area (Å²) in [7, 11) is 0. The Hall–Kier alpha value is -1.18. The SMILES string of the molecule is CC1CC(=O)C2C(CC3OC(C)(C)[C@@H]4OC(=O)[C@@]5(CCCC[C@H]4C3C2O)O[C@@H]5CC2(C3CC(N)NC(C4CCNC(N)C4)C3)CCCC2)O1. The Morgan fingerprint density at radius 3 is 2.47 bits per heavy atom. The molecule has 0 aromatic carbocycles. The van der Waals surface area contributed by atoms with Crippen molar-refractivity contribution in [1.82, 2.24) is 10.6 Å². The molecule has 0 amide bonds. The second-order valence-corrected chi connectivity index (χ2v) is 18.1. The Morgan fingerprint density at radius 2 is 1.69 bits per heavy atom. The van der Waals surface area contributed by atoms with Gasteiger partial charge < -0.3 is 40.8 Å². The van der Waals surface area contributed by atoms with Crippen LogP contribution in [0.3, 0.4) is 0 Å². The molecule has 7 N–H and O–H groups in total. The summed E-state index contributed by atoms with van der Waals surface area (Å²) in [5.74, 6) is -0.136. The average molecular weight is 687 g/mol. The molecule has 15 atom stereocenters. The van der Waals surface area contributed by atoms with Gasteiger partial charge in [-0.2, -0.15) is 0 Å². The fraction of sp³-hybridized carbons (Fsp3) is 0.947. The van der Waals surface area contributed by atoms with Gasteiger partial charge in [-0.25, -0.2) is 4.79 Å². The van der Waals surface area contributed by atoms with Crippen LogP contribution in [0.25, 0.3) is 0 Å². The predicted molar refractivity (Wildman–Crippen MR) is 182 cm³/mol. The van der Waals surface area contributed by atoms with Gasteiger partial charge in [-0.3, -0.25) is 10.1 Å². The monoisotopic (exact) mass is 686 g/mol. The van der Waals surface area contributed by atoms with E-state index in [4.69, 9.17) is 30.4 Å². The Morgan fingerprint density at radius 1 is 0.918 bits per heavy atom. The average Bonchev–Trinajstić information content (AvgIpc) is 3.48. The van der Waals surface area contributed by atoms with Crippen molar-refractivity contribution in [3.63, 3.8) is 0 Å². The molecule has 8 aliphatic rings. The van der Waals surface area contributed by atoms with E-state index in [2.05, 4.69) is 10.6 Å². The van der Waals surface area contributed by atoms with Gasteiger partial charge in [0.05, 0.1) is 48.8 Å². The third-order valence-electron chi connectivity index (χ3n) is 14.7. The van der Waals surface area contributed by atoms with E-state index in [-0.39, 0.29) is 65.8 Å². The summed E-state index contributed by atoms with van der Waals surface area (Å²) in [5.41, 5.74) is 11.5. The van der Waals surface area contributed by atoms with Crippen molar-refractivity contribution >= 4 is 11.8 Å². The number of piperidine rings is 2. The summed E-state index contributed by atoms with van der Waals surface area (Å²) in [4.78, 5) is 27.6. The van der Waals surface area contributed by atoms with Crippen LogP contribution >= 0.6 is 0 Å². The Bertz CT molecular complexity index is 1260. The molecule has 6 saturated heterocycles. The van der Waals surface area contributed by atoms with Crippen LogP contribution in [0, 0.1) is 35.0 Å². The molecule has 1 spiro atoms. The normalized spacial score (nSPS) is 51.0. The third-order valence-corrected chi connectivity index (χ3v) is 14.7. The van der Waals surface area contributed by atoms with Crippen molar-refractivity contribution in [2.75, 3.05) is 6.54 Å². The summed E-state index contributed by atoms with van der Waals surface area (Å²) < 4.78 is 26.1. The Labute approximate surface area is 292 Å². The molecule has 11 nitrogen and oxygen atoms in total. The highest BCUT2D eigenvalue weighted by atomic mass is 16.7. The van der Waals surface area contributed by atoms with Crippen molar-refractivity contribution < 1.29 is 33.6 Å². The molecule has 2 saturated carbocycles. The first-order valence-electron chi connectivity index (χ1n) is 19.8. The van der Waals surface area contributed by atoms with Crippen LogP contribution < -0.4 is 22.1 Å². The predicted octanol–water partition coefficient (Wildman–Crippen LogP) is 3.03. The lowest BCUT2D eigenvalue weighted by atomic mass is 9.62. The Kier molecular flexibility index (Phi) is 9.28. The summed E-state index contributed by atoms with van der Waals surface area (Å²) in [6.07, 6.45) is 11.6. The van der Waals surface area contributed by atoms with Crippen LogP contribution in [0.4, 0.5) is 0 Å². The molecule has 8 fully saturated rings. The van der Waals surface area contributed by atoms with Crippen molar-refractivity contribution in [3.05, 3.63) is 0 Å². The van der Waals surface area contributed by atoms with E-state index < -0.39 is 29.3 Å². The van der Waals surface area contributed by atoms with Crippen LogP contribution in [0.5, 0.6) is 0 Å². The molecule has 11 heteroatoms. The summed E-state index contributed by atoms with van der Waals surface area (Å²) >= 11 is 0. The highest BCUT2D eigenvalue weighted by molar-refractivity contribution is 5.84. The fourth-order valence-corrected chi connectivity index (χ4v) is 12.4. The molecule has 0 bridgehead atoms. The topological polar surface area (TPSA) is 171 Å². The number of hydrogen-bond acceptors (Lipinski definition) is 11. The maximum absolute atomic E-state index is 14.4. The number of carbonyl (C=O) groups excluding carboxylic acids is 2. The molecule has 8 rings (SSSR count). The molecule has 0 aromatic heterocycles. The number of ether oxygens (including phenoxy) is 4. The van der Waals surface area contributed by atoms with Gasteiger partial charge in [0.1, 0.15) is 17.5 Å². The van der Waals surface area contributed by atoms with E-state index in [1.54, 1.807) is 0 Å². The first kappa shape index (κ1) is 34.9. The zero-order valence-corrected chi connectivity index (χ0v) is 29.9. The van der Waals surface area contributed by atoms with Crippen molar-refractivity contribution in [2.24, 2.45) is 46.5 Å². The number of fused-ring (bicyclic) bond motifs is 4. The van der Waals surface area contributed by atoms with Crippen LogP contribution in [-0.4, -0.2) is 89.6 Å². The van der Waals surface area contributed by atoms with Crippen LogP contribution in [0.15, 0.2) is 0 Å². The van der Waals surface area contributed by atoms with E-state index >= 15 is 0 Å². The van der Waals surface area contributed by atoms with Crippen molar-refractivity contribution in [2.45, 2.75) is 183 Å². The number of esters is 1. The van der Waals surface area contributed by atoms with Crippen LogP contribution in [0.2, 0.25) is 0 Å². The second-order valence-electron chi connectivity index (χ2n) is 18.1. The number of carbonyl (C=O) groups is 2. The summed E-state index contributed by atoms with van der Waals surface area (Å²) in [6.45, 7) is 6.90. The minimum absolute atomic E-state index is 0.0325. The molecule has 0 aromatic rings. The lowest BCUT2D eigenvalue weighted by Gasteiger charge is -2.57. The molecule has 2 aliphatic carbocycles. The molecular formula is C38H62N4O7. The van der Waals surface area contributed by atoms with E-state index in [0.717, 1.165) is 70.8 Å². The maximum atomic E-state index is 14.4. The van der Waals surface area contributed by atoms with Gasteiger partial charge in [-0.1, -0.05) is 19.3 Å². The number of aliphatic hydroxyl groups is 1. The van der Waals surface area contributed by atoms with E-state index in [1.807, 2.05) is 20.8 Å². The molecule has 276 valence electrons. The quantitative estimate of drug-likeness (QED) is 0.218. The van der Waals surface area contributed by atoms with E-state index in [0.29, 0.717) is 37.1 Å². The minimum Gasteiger partial charge on any atom is -0.457 e. The van der Waals surface area contributed by atoms with E-state index in [9.17, 15) is 14.7 Å². The Balaban J connectivity index is 0.996. The first-order chi connectivity index (χ1) is 23.4. The summed E-state index contributed by atoms with van der Waals surface area (Å²) in [5, 5.41) is 18.9. The lowest BCUT2D eigenvalue weighted by molar-refractivity contribution is -0.278. The third kappa shape index (κ3) is 6.24. The fourth-order valence-electron chi connectivity index (χ4n) is 12.4. The number of aliphatic hydroxyl groups excluding tert-OH is 1. The number of ketones is 1. The molecule has 0 radical (unpaired) electrons. The zero-order chi connectivity index (χ0) is 34.3. The minimum atomic E-state index is -0.923. The molecule has 6 heterocycles. The van der Waals surface area contributed by atoms with Crippen molar-refractivity contribution in [1.29, 1.82) is 0 Å². The second kappa shape index (κ2) is 13.0. The standard InChI is InChI=1S/C38H62N4O7/c1-20-14-25(43)32-26(46-20)18-27-31(33(32)44)23-8-4-5-12-38(35(45)47-34(23)36(2,3)48-27)28(49-38)19-37(10-6-7-11-37)22-16-24(42-30(40)17-22)21-9-13-41-29(39)15-21/h20-24,26-34,41-42,44H,4-19,39-40H2,1-3H3/t20?,21?,22?,23-,24?,26?,27?,28+,29?,30?,31?,32?,33?,34+,38-/m0/s1. The molecular weight excluding hydrogens is 624 g/mol. The number of Topliss-reactive ketones (excluding diaryl/α,β-unsaturated/α-hetero) is 1. The van der Waals surface area contributed by atoms with Gasteiger partial charge in [0.15, 0.2) is 5.60 Å². The lowest BCUT2D eigenvalue weighted by Crippen LogP contribution is -2.66.